The van der Waals surface area contributed by atoms with Crippen molar-refractivity contribution in [2.75, 3.05) is 38.3 Å². The van der Waals surface area contributed by atoms with Gasteiger partial charge in [-0.15, -0.1) is 24.0 Å². The Labute approximate surface area is 160 Å². The standard InChI is InChI=1S/C15H24FN3O3S.HI/c1-3-17-15(18-7-8-22-9-10-23(2,20)21)19-12-13-5-4-6-14(16)11-13;/h4-6,11H,3,7-10,12H2,1-2H3,(H2,17,18,19);1H. The molecule has 24 heavy (non-hydrogen) atoms. The van der Waals surface area contributed by atoms with Crippen LogP contribution < -0.4 is 10.6 Å². The summed E-state index contributed by atoms with van der Waals surface area (Å²) in [7, 11) is -2.99. The first-order valence-electron chi connectivity index (χ1n) is 7.43. The van der Waals surface area contributed by atoms with Crippen molar-refractivity contribution < 1.29 is 17.5 Å². The number of hydrogen-bond acceptors (Lipinski definition) is 4. The second-order valence-corrected chi connectivity index (χ2v) is 7.25. The molecule has 0 amide bonds. The zero-order valence-corrected chi connectivity index (χ0v) is 17.1. The van der Waals surface area contributed by atoms with E-state index in [1.54, 1.807) is 6.07 Å². The number of aliphatic imine (C=N–C) groups is 1. The Morgan fingerprint density at radius 2 is 2.04 bits per heavy atom. The molecule has 1 aromatic rings. The Kier molecular flexibility index (Phi) is 11.9. The normalized spacial score (nSPS) is 11.7. The summed E-state index contributed by atoms with van der Waals surface area (Å²) in [6.07, 6.45) is 1.18. The molecular formula is C15H25FIN3O3S. The van der Waals surface area contributed by atoms with Gasteiger partial charge in [0.2, 0.25) is 0 Å². The van der Waals surface area contributed by atoms with Crippen molar-refractivity contribution in [2.45, 2.75) is 13.5 Å². The molecule has 0 spiro atoms. The smallest absolute Gasteiger partial charge is 0.191 e. The van der Waals surface area contributed by atoms with Crippen LogP contribution in [-0.2, 0) is 21.1 Å². The van der Waals surface area contributed by atoms with Gasteiger partial charge >= 0.3 is 0 Å². The highest BCUT2D eigenvalue weighted by Gasteiger charge is 2.02. The lowest BCUT2D eigenvalue weighted by atomic mass is 10.2. The van der Waals surface area contributed by atoms with E-state index in [2.05, 4.69) is 15.6 Å². The van der Waals surface area contributed by atoms with Crippen LogP contribution in [0, 0.1) is 5.82 Å². The molecule has 1 rings (SSSR count). The molecule has 6 nitrogen and oxygen atoms in total. The topological polar surface area (TPSA) is 79.8 Å². The van der Waals surface area contributed by atoms with Crippen LogP contribution in [-0.4, -0.2) is 52.7 Å². The van der Waals surface area contributed by atoms with Crippen LogP contribution in [0.1, 0.15) is 12.5 Å². The lowest BCUT2D eigenvalue weighted by molar-refractivity contribution is 0.154. The third-order valence-electron chi connectivity index (χ3n) is 2.79. The highest BCUT2D eigenvalue weighted by Crippen LogP contribution is 2.04. The first-order chi connectivity index (χ1) is 10.9. The van der Waals surface area contributed by atoms with Crippen LogP contribution in [0.25, 0.3) is 0 Å². The maximum atomic E-state index is 13.1. The van der Waals surface area contributed by atoms with Crippen molar-refractivity contribution in [1.29, 1.82) is 0 Å². The molecule has 0 aliphatic rings. The molecule has 1 aromatic carbocycles. The van der Waals surface area contributed by atoms with E-state index in [0.717, 1.165) is 5.56 Å². The summed E-state index contributed by atoms with van der Waals surface area (Å²) in [5.74, 6) is 0.333. The number of nitrogens with zero attached hydrogens (tertiary/aromatic N) is 1. The summed E-state index contributed by atoms with van der Waals surface area (Å²) in [6, 6.07) is 6.30. The highest BCUT2D eigenvalue weighted by molar-refractivity contribution is 14.0. The summed E-state index contributed by atoms with van der Waals surface area (Å²) >= 11 is 0. The van der Waals surface area contributed by atoms with Crippen molar-refractivity contribution in [3.8, 4) is 0 Å². The summed E-state index contributed by atoms with van der Waals surface area (Å²) in [6.45, 7) is 4.06. The number of nitrogens with one attached hydrogen (secondary N) is 2. The number of guanidine groups is 1. The van der Waals surface area contributed by atoms with Crippen molar-refractivity contribution in [3.63, 3.8) is 0 Å². The Bertz CT molecular complexity index is 612. The first kappa shape index (κ1) is 23.1. The fourth-order valence-electron chi connectivity index (χ4n) is 1.70. The molecule has 138 valence electrons. The molecular weight excluding hydrogens is 448 g/mol. The number of rotatable bonds is 9. The second kappa shape index (κ2) is 12.4. The minimum atomic E-state index is -2.99. The largest absolute Gasteiger partial charge is 0.379 e. The lowest BCUT2D eigenvalue weighted by Crippen LogP contribution is -2.39. The van der Waals surface area contributed by atoms with Crippen molar-refractivity contribution in [3.05, 3.63) is 35.6 Å². The summed E-state index contributed by atoms with van der Waals surface area (Å²) < 4.78 is 40.2. The highest BCUT2D eigenvalue weighted by atomic mass is 127. The van der Waals surface area contributed by atoms with Crippen LogP contribution in [0.3, 0.4) is 0 Å². The van der Waals surface area contributed by atoms with Gasteiger partial charge in [-0.25, -0.2) is 17.8 Å². The van der Waals surface area contributed by atoms with Crippen molar-refractivity contribution in [2.24, 2.45) is 4.99 Å². The van der Waals surface area contributed by atoms with E-state index in [1.165, 1.54) is 18.4 Å². The maximum Gasteiger partial charge on any atom is 0.191 e. The Balaban J connectivity index is 0.00000529. The fraction of sp³-hybridized carbons (Fsp3) is 0.533. The number of sulfone groups is 1. The molecule has 2 N–H and O–H groups in total. The van der Waals surface area contributed by atoms with Gasteiger partial charge in [-0.3, -0.25) is 0 Å². The average Bonchev–Trinajstić information content (AvgIpc) is 2.47. The molecule has 9 heteroatoms. The molecule has 0 aliphatic carbocycles. The van der Waals surface area contributed by atoms with Gasteiger partial charge in [-0.2, -0.15) is 0 Å². The number of hydrogen-bond donors (Lipinski definition) is 2. The number of ether oxygens (including phenoxy) is 1. The predicted molar refractivity (Wildman–Crippen MR) is 105 cm³/mol. The quantitative estimate of drug-likeness (QED) is 0.246. The molecule has 0 unspecified atom stereocenters. The Morgan fingerprint density at radius 3 is 2.67 bits per heavy atom. The van der Waals surface area contributed by atoms with E-state index >= 15 is 0 Å². The van der Waals surface area contributed by atoms with Crippen LogP contribution >= 0.6 is 24.0 Å². The predicted octanol–water partition coefficient (Wildman–Crippen LogP) is 1.56. The van der Waals surface area contributed by atoms with E-state index in [9.17, 15) is 12.8 Å². The second-order valence-electron chi connectivity index (χ2n) is 4.99. The molecule has 0 radical (unpaired) electrons. The van der Waals surface area contributed by atoms with E-state index in [0.29, 0.717) is 32.2 Å². The van der Waals surface area contributed by atoms with Gasteiger partial charge in [-0.05, 0) is 24.6 Å². The van der Waals surface area contributed by atoms with Crippen LogP contribution in [0.2, 0.25) is 0 Å². The third kappa shape index (κ3) is 11.6. The number of benzene rings is 1. The zero-order valence-electron chi connectivity index (χ0n) is 13.9. The molecule has 0 fully saturated rings. The van der Waals surface area contributed by atoms with Crippen LogP contribution in [0.15, 0.2) is 29.3 Å². The molecule has 0 bridgehead atoms. The maximum absolute atomic E-state index is 13.1. The monoisotopic (exact) mass is 473 g/mol. The van der Waals surface area contributed by atoms with E-state index in [1.807, 2.05) is 13.0 Å². The van der Waals surface area contributed by atoms with Crippen LogP contribution in [0.5, 0.6) is 0 Å². The Hall–Kier alpha value is -0.940. The van der Waals surface area contributed by atoms with E-state index < -0.39 is 9.84 Å². The first-order valence-corrected chi connectivity index (χ1v) is 9.49. The van der Waals surface area contributed by atoms with E-state index in [4.69, 9.17) is 4.74 Å². The summed E-state index contributed by atoms with van der Waals surface area (Å²) in [4.78, 5) is 4.36. The minimum Gasteiger partial charge on any atom is -0.379 e. The van der Waals surface area contributed by atoms with Gasteiger partial charge in [0.25, 0.3) is 0 Å². The summed E-state index contributed by atoms with van der Waals surface area (Å²) in [5.41, 5.74) is 0.784. The molecule has 0 saturated heterocycles. The lowest BCUT2D eigenvalue weighted by Gasteiger charge is -2.11. The minimum absolute atomic E-state index is 0. The molecule has 0 heterocycles. The Morgan fingerprint density at radius 1 is 1.29 bits per heavy atom. The van der Waals surface area contributed by atoms with Gasteiger partial charge in [0.15, 0.2) is 5.96 Å². The molecule has 0 atom stereocenters. The third-order valence-corrected chi connectivity index (χ3v) is 3.70. The van der Waals surface area contributed by atoms with Gasteiger partial charge in [0, 0.05) is 19.3 Å². The van der Waals surface area contributed by atoms with Gasteiger partial charge in [-0.1, -0.05) is 12.1 Å². The van der Waals surface area contributed by atoms with Gasteiger partial charge < -0.3 is 15.4 Å². The van der Waals surface area contributed by atoms with Crippen molar-refractivity contribution >= 4 is 39.8 Å². The molecule has 0 aliphatic heterocycles. The molecule has 0 saturated carbocycles. The zero-order chi connectivity index (χ0) is 17.1. The van der Waals surface area contributed by atoms with Gasteiger partial charge in [0.1, 0.15) is 15.7 Å². The van der Waals surface area contributed by atoms with Gasteiger partial charge in [0.05, 0.1) is 25.5 Å². The summed E-state index contributed by atoms with van der Waals surface area (Å²) in [5, 5.41) is 6.15. The van der Waals surface area contributed by atoms with E-state index in [-0.39, 0.29) is 42.2 Å². The SMILES string of the molecule is CCNC(=NCc1cccc(F)c1)NCCOCCS(C)(=O)=O.I. The van der Waals surface area contributed by atoms with Crippen molar-refractivity contribution in [1.82, 2.24) is 10.6 Å². The number of halogens is 2. The van der Waals surface area contributed by atoms with Crippen LogP contribution in [0.4, 0.5) is 4.39 Å². The molecule has 0 aromatic heterocycles. The average molecular weight is 473 g/mol. The fourth-order valence-corrected chi connectivity index (χ4v) is 2.12.